The average Bonchev–Trinajstić information content (AvgIpc) is 2.95. The number of carbonyl (C=O) groups is 2. The van der Waals surface area contributed by atoms with Crippen LogP contribution in [0, 0.1) is 0 Å². The first kappa shape index (κ1) is 16.8. The normalized spacial score (nSPS) is 21.2. The number of Topliss-reactive ketones (excluding diaryl/α,β-unsaturated/α-hetero) is 2. The molecule has 5 nitrogen and oxygen atoms in total. The molecule has 2 aromatic carbocycles. The van der Waals surface area contributed by atoms with E-state index < -0.39 is 0 Å². The summed E-state index contributed by atoms with van der Waals surface area (Å²) in [6.07, 6.45) is 1.59. The molecule has 1 heterocycles. The number of fused-ring (bicyclic) bond motifs is 2. The molecule has 0 saturated heterocycles. The van der Waals surface area contributed by atoms with Gasteiger partial charge in [0.1, 0.15) is 5.75 Å². The topological polar surface area (TPSA) is 81.4 Å². The van der Waals surface area contributed by atoms with E-state index in [0.29, 0.717) is 24.2 Å². The van der Waals surface area contributed by atoms with Gasteiger partial charge in [0, 0.05) is 30.6 Å². The summed E-state index contributed by atoms with van der Waals surface area (Å²) in [5, 5.41) is 3.33. The van der Waals surface area contributed by atoms with Gasteiger partial charge in [-0.1, -0.05) is 6.07 Å². The summed E-state index contributed by atoms with van der Waals surface area (Å²) < 4.78 is 5.28. The monoisotopic (exact) mass is 350 g/mol. The summed E-state index contributed by atoms with van der Waals surface area (Å²) >= 11 is 0. The van der Waals surface area contributed by atoms with Gasteiger partial charge in [0.05, 0.1) is 13.2 Å². The summed E-state index contributed by atoms with van der Waals surface area (Å²) in [7, 11) is 1.60. The van der Waals surface area contributed by atoms with E-state index in [1.807, 2.05) is 24.3 Å². The molecular weight excluding hydrogens is 328 g/mol. The first-order chi connectivity index (χ1) is 12.6. The summed E-state index contributed by atoms with van der Waals surface area (Å²) in [6, 6.07) is 10.9. The fraction of sp³-hybridized carbons (Fsp3) is 0.333. The predicted molar refractivity (Wildman–Crippen MR) is 99.6 cm³/mol. The van der Waals surface area contributed by atoms with E-state index in [1.54, 1.807) is 19.2 Å². The van der Waals surface area contributed by atoms with Gasteiger partial charge in [-0.05, 0) is 59.4 Å². The standard InChI is InChI=1S/C21H22N2O3/c1-26-15-3-5-17-18(11-15)13(9-19(17)24)10-20(25)21-16-4-2-14(22)8-12(16)6-7-23-21/h2-5,8,11,13,21,23H,6-7,9-10,22H2,1H3. The zero-order chi connectivity index (χ0) is 18.3. The molecule has 1 aliphatic heterocycles. The highest BCUT2D eigenvalue weighted by Crippen LogP contribution is 2.39. The Morgan fingerprint density at radius 1 is 1.23 bits per heavy atom. The highest BCUT2D eigenvalue weighted by atomic mass is 16.5. The van der Waals surface area contributed by atoms with Gasteiger partial charge in [-0.25, -0.2) is 0 Å². The van der Waals surface area contributed by atoms with Gasteiger partial charge in [0.2, 0.25) is 0 Å². The van der Waals surface area contributed by atoms with Crippen molar-refractivity contribution in [2.75, 3.05) is 19.4 Å². The van der Waals surface area contributed by atoms with Crippen molar-refractivity contribution in [2.24, 2.45) is 0 Å². The minimum Gasteiger partial charge on any atom is -0.497 e. The van der Waals surface area contributed by atoms with Crippen LogP contribution in [0.2, 0.25) is 0 Å². The van der Waals surface area contributed by atoms with Crippen LogP contribution in [0.15, 0.2) is 36.4 Å². The zero-order valence-corrected chi connectivity index (χ0v) is 14.7. The molecule has 1 aliphatic carbocycles. The van der Waals surface area contributed by atoms with Gasteiger partial charge in [-0.15, -0.1) is 0 Å². The van der Waals surface area contributed by atoms with Crippen LogP contribution in [0.25, 0.3) is 0 Å². The van der Waals surface area contributed by atoms with Crippen LogP contribution in [-0.4, -0.2) is 25.2 Å². The van der Waals surface area contributed by atoms with Gasteiger partial charge < -0.3 is 15.8 Å². The van der Waals surface area contributed by atoms with Crippen molar-refractivity contribution >= 4 is 17.3 Å². The molecule has 2 atom stereocenters. The van der Waals surface area contributed by atoms with Crippen LogP contribution < -0.4 is 15.8 Å². The minimum atomic E-state index is -0.330. The average molecular weight is 350 g/mol. The van der Waals surface area contributed by atoms with Crippen molar-refractivity contribution in [3.63, 3.8) is 0 Å². The molecule has 0 fully saturated rings. The number of nitrogen functional groups attached to an aromatic ring is 1. The summed E-state index contributed by atoms with van der Waals surface area (Å²) in [5.41, 5.74) is 10.4. The quantitative estimate of drug-likeness (QED) is 0.829. The number of rotatable bonds is 4. The Morgan fingerprint density at radius 3 is 2.88 bits per heavy atom. The minimum absolute atomic E-state index is 0.0824. The van der Waals surface area contributed by atoms with Crippen LogP contribution in [0.3, 0.4) is 0 Å². The molecule has 26 heavy (non-hydrogen) atoms. The Hall–Kier alpha value is -2.66. The third-order valence-corrected chi connectivity index (χ3v) is 5.42. The Kier molecular flexibility index (Phi) is 4.24. The Morgan fingerprint density at radius 2 is 2.08 bits per heavy atom. The van der Waals surface area contributed by atoms with Gasteiger partial charge in [-0.3, -0.25) is 9.59 Å². The maximum Gasteiger partial charge on any atom is 0.163 e. The highest BCUT2D eigenvalue weighted by Gasteiger charge is 2.34. The summed E-state index contributed by atoms with van der Waals surface area (Å²) in [5.74, 6) is 0.850. The molecule has 4 rings (SSSR count). The number of carbonyl (C=O) groups excluding carboxylic acids is 2. The Balaban J connectivity index is 1.58. The second-order valence-corrected chi connectivity index (χ2v) is 7.04. The maximum atomic E-state index is 13.0. The van der Waals surface area contributed by atoms with Crippen LogP contribution in [0.5, 0.6) is 5.75 Å². The third-order valence-electron chi connectivity index (χ3n) is 5.42. The molecule has 0 saturated carbocycles. The van der Waals surface area contributed by atoms with Crippen LogP contribution in [0.4, 0.5) is 5.69 Å². The lowest BCUT2D eigenvalue weighted by molar-refractivity contribution is -0.121. The number of hydrogen-bond donors (Lipinski definition) is 2. The van der Waals surface area contributed by atoms with E-state index in [4.69, 9.17) is 10.5 Å². The predicted octanol–water partition coefficient (Wildman–Crippen LogP) is 2.79. The number of ether oxygens (including phenoxy) is 1. The maximum absolute atomic E-state index is 13.0. The second kappa shape index (κ2) is 6.57. The first-order valence-electron chi connectivity index (χ1n) is 8.92. The second-order valence-electron chi connectivity index (χ2n) is 7.04. The van der Waals surface area contributed by atoms with Crippen molar-refractivity contribution in [1.29, 1.82) is 0 Å². The van der Waals surface area contributed by atoms with E-state index in [0.717, 1.165) is 35.3 Å². The molecule has 5 heteroatoms. The smallest absolute Gasteiger partial charge is 0.163 e. The van der Waals surface area contributed by atoms with E-state index >= 15 is 0 Å². The van der Waals surface area contributed by atoms with Crippen LogP contribution in [-0.2, 0) is 11.2 Å². The number of anilines is 1. The van der Waals surface area contributed by atoms with Crippen LogP contribution in [0.1, 0.15) is 51.8 Å². The largest absolute Gasteiger partial charge is 0.497 e. The number of benzene rings is 2. The molecule has 0 bridgehead atoms. The fourth-order valence-electron chi connectivity index (χ4n) is 4.12. The van der Waals surface area contributed by atoms with Crippen molar-refractivity contribution in [1.82, 2.24) is 5.32 Å². The zero-order valence-electron chi connectivity index (χ0n) is 14.7. The summed E-state index contributed by atoms with van der Waals surface area (Å²) in [6.45, 7) is 0.751. The van der Waals surface area contributed by atoms with E-state index in [1.165, 1.54) is 0 Å². The molecule has 0 amide bonds. The molecular formula is C21H22N2O3. The van der Waals surface area contributed by atoms with Gasteiger partial charge in [-0.2, -0.15) is 0 Å². The van der Waals surface area contributed by atoms with E-state index in [-0.39, 0.29) is 23.5 Å². The number of nitrogens with one attached hydrogen (secondary N) is 1. The fourth-order valence-corrected chi connectivity index (χ4v) is 4.12. The van der Waals surface area contributed by atoms with Crippen LogP contribution >= 0.6 is 0 Å². The Bertz CT molecular complexity index is 891. The van der Waals surface area contributed by atoms with Crippen molar-refractivity contribution in [3.05, 3.63) is 58.7 Å². The van der Waals surface area contributed by atoms with Crippen molar-refractivity contribution in [2.45, 2.75) is 31.2 Å². The lowest BCUT2D eigenvalue weighted by atomic mass is 9.86. The van der Waals surface area contributed by atoms with E-state index in [2.05, 4.69) is 5.32 Å². The van der Waals surface area contributed by atoms with Gasteiger partial charge >= 0.3 is 0 Å². The molecule has 2 aliphatic rings. The molecule has 2 unspecified atom stereocenters. The third kappa shape index (κ3) is 2.88. The molecule has 0 aromatic heterocycles. The number of ketones is 2. The lowest BCUT2D eigenvalue weighted by Crippen LogP contribution is -2.35. The summed E-state index contributed by atoms with van der Waals surface area (Å²) in [4.78, 5) is 25.3. The lowest BCUT2D eigenvalue weighted by Gasteiger charge is -2.27. The highest BCUT2D eigenvalue weighted by molar-refractivity contribution is 6.02. The van der Waals surface area contributed by atoms with Crippen molar-refractivity contribution in [3.8, 4) is 5.75 Å². The number of nitrogens with two attached hydrogens (primary N) is 1. The molecule has 0 spiro atoms. The first-order valence-corrected chi connectivity index (χ1v) is 8.92. The van der Waals surface area contributed by atoms with E-state index in [9.17, 15) is 9.59 Å². The SMILES string of the molecule is COc1ccc2c(c1)C(CC(=O)C1NCCc3cc(N)ccc31)CC2=O. The van der Waals surface area contributed by atoms with Crippen molar-refractivity contribution < 1.29 is 14.3 Å². The molecule has 0 radical (unpaired) electrons. The Labute approximate surface area is 152 Å². The van der Waals surface area contributed by atoms with Gasteiger partial charge in [0.25, 0.3) is 0 Å². The molecule has 3 N–H and O–H groups in total. The number of methoxy groups -OCH3 is 1. The molecule has 134 valence electrons. The number of hydrogen-bond acceptors (Lipinski definition) is 5. The van der Waals surface area contributed by atoms with Gasteiger partial charge in [0.15, 0.2) is 11.6 Å². The molecule has 2 aromatic rings.